The van der Waals surface area contributed by atoms with Crippen LogP contribution in [0, 0.1) is 5.82 Å². The minimum absolute atomic E-state index is 0.0857. The molecule has 1 heterocycles. The minimum Gasteiger partial charge on any atom is -0.352 e. The van der Waals surface area contributed by atoms with Crippen molar-refractivity contribution in [3.63, 3.8) is 0 Å². The molecule has 4 nitrogen and oxygen atoms in total. The van der Waals surface area contributed by atoms with E-state index in [1.165, 1.54) is 12.3 Å². The zero-order valence-corrected chi connectivity index (χ0v) is 15.0. The maximum Gasteiger partial charge on any atom is 0.270 e. The number of pyridine rings is 1. The smallest absolute Gasteiger partial charge is 0.270 e. The summed E-state index contributed by atoms with van der Waals surface area (Å²) in [5.41, 5.74) is 1.82. The molecule has 3 aromatic rings. The van der Waals surface area contributed by atoms with Gasteiger partial charge in [-0.05, 0) is 30.3 Å². The normalized spacial score (nSPS) is 10.4. The molecule has 0 atom stereocenters. The van der Waals surface area contributed by atoms with E-state index >= 15 is 0 Å². The molecular weight excluding hydrogens is 376 g/mol. The lowest BCUT2D eigenvalue weighted by Gasteiger charge is -2.10. The predicted octanol–water partition coefficient (Wildman–Crippen LogP) is 5.20. The zero-order valence-electron chi connectivity index (χ0n) is 13.5. The summed E-state index contributed by atoms with van der Waals surface area (Å²) in [5.74, 6) is -0.757. The highest BCUT2D eigenvalue weighted by Gasteiger charge is 2.10. The first kappa shape index (κ1) is 18.2. The molecule has 0 aliphatic carbocycles. The molecular formula is C19H14Cl2FN3O. The van der Waals surface area contributed by atoms with Crippen LogP contribution >= 0.6 is 23.2 Å². The quantitative estimate of drug-likeness (QED) is 0.630. The summed E-state index contributed by atoms with van der Waals surface area (Å²) in [6.45, 7) is 0.0857. The van der Waals surface area contributed by atoms with E-state index in [-0.39, 0.29) is 18.1 Å². The fourth-order valence-corrected chi connectivity index (χ4v) is 2.76. The summed E-state index contributed by atoms with van der Waals surface area (Å²) in [4.78, 5) is 16.3. The molecule has 0 radical (unpaired) electrons. The van der Waals surface area contributed by atoms with Crippen molar-refractivity contribution >= 4 is 40.5 Å². The first-order chi connectivity index (χ1) is 12.5. The zero-order chi connectivity index (χ0) is 18.5. The van der Waals surface area contributed by atoms with Crippen molar-refractivity contribution in [2.24, 2.45) is 0 Å². The van der Waals surface area contributed by atoms with E-state index in [4.69, 9.17) is 23.2 Å². The molecule has 2 N–H and O–H groups in total. The molecule has 26 heavy (non-hydrogen) atoms. The summed E-state index contributed by atoms with van der Waals surface area (Å²) in [6.07, 6.45) is 1.50. The van der Waals surface area contributed by atoms with Crippen molar-refractivity contribution in [1.29, 1.82) is 0 Å². The van der Waals surface area contributed by atoms with Crippen molar-refractivity contribution in [3.05, 3.63) is 87.9 Å². The maximum absolute atomic E-state index is 13.6. The highest BCUT2D eigenvalue weighted by atomic mass is 35.5. The highest BCUT2D eigenvalue weighted by Crippen LogP contribution is 2.32. The third-order valence-electron chi connectivity index (χ3n) is 3.63. The molecule has 2 aromatic carbocycles. The van der Waals surface area contributed by atoms with E-state index in [1.54, 1.807) is 48.5 Å². The van der Waals surface area contributed by atoms with Crippen LogP contribution in [-0.2, 0) is 6.54 Å². The lowest BCUT2D eigenvalue weighted by Crippen LogP contribution is -2.24. The van der Waals surface area contributed by atoms with Gasteiger partial charge in [0.2, 0.25) is 0 Å². The lowest BCUT2D eigenvalue weighted by molar-refractivity contribution is 0.0945. The van der Waals surface area contributed by atoms with Gasteiger partial charge in [0.15, 0.2) is 0 Å². The van der Waals surface area contributed by atoms with E-state index in [1.807, 2.05) is 0 Å². The molecule has 132 valence electrons. The summed E-state index contributed by atoms with van der Waals surface area (Å²) in [7, 11) is 0. The Kier molecular flexibility index (Phi) is 5.71. The fourth-order valence-electron chi connectivity index (χ4n) is 2.27. The summed E-state index contributed by atoms with van der Waals surface area (Å²) in [6, 6.07) is 14.7. The molecule has 0 aliphatic heterocycles. The molecule has 0 bridgehead atoms. The number of benzene rings is 2. The van der Waals surface area contributed by atoms with Gasteiger partial charge in [-0.1, -0.05) is 47.5 Å². The number of amides is 1. The maximum atomic E-state index is 13.6. The second-order valence-corrected chi connectivity index (χ2v) is 6.24. The molecule has 1 amide bonds. The van der Waals surface area contributed by atoms with E-state index in [0.29, 0.717) is 27.0 Å². The van der Waals surface area contributed by atoms with Gasteiger partial charge in [-0.3, -0.25) is 4.79 Å². The van der Waals surface area contributed by atoms with Gasteiger partial charge in [0.25, 0.3) is 5.91 Å². The molecule has 0 spiro atoms. The summed E-state index contributed by atoms with van der Waals surface area (Å²) in [5, 5.41) is 6.66. The Bertz CT molecular complexity index is 912. The van der Waals surface area contributed by atoms with Crippen LogP contribution in [0.1, 0.15) is 16.1 Å². The van der Waals surface area contributed by atoms with E-state index < -0.39 is 5.91 Å². The van der Waals surface area contributed by atoms with Crippen molar-refractivity contribution in [1.82, 2.24) is 10.3 Å². The average molecular weight is 390 g/mol. The van der Waals surface area contributed by atoms with Crippen molar-refractivity contribution in [2.45, 2.75) is 6.54 Å². The number of carbonyl (C=O) groups excluding carboxylic acids is 1. The first-order valence-electron chi connectivity index (χ1n) is 7.73. The van der Waals surface area contributed by atoms with Crippen LogP contribution in [0.3, 0.4) is 0 Å². The molecule has 0 fully saturated rings. The molecule has 0 saturated carbocycles. The van der Waals surface area contributed by atoms with Crippen LogP contribution in [0.25, 0.3) is 0 Å². The van der Waals surface area contributed by atoms with Crippen molar-refractivity contribution in [2.75, 3.05) is 5.32 Å². The lowest BCUT2D eigenvalue weighted by atomic mass is 10.2. The molecule has 0 aliphatic rings. The fraction of sp³-hybridized carbons (Fsp3) is 0.0526. The monoisotopic (exact) mass is 389 g/mol. The second kappa shape index (κ2) is 8.17. The Labute approximate surface area is 160 Å². The summed E-state index contributed by atoms with van der Waals surface area (Å²) >= 11 is 12.2. The Morgan fingerprint density at radius 1 is 1.00 bits per heavy atom. The Hall–Kier alpha value is -2.63. The van der Waals surface area contributed by atoms with Gasteiger partial charge in [-0.25, -0.2) is 9.37 Å². The van der Waals surface area contributed by atoms with E-state index in [2.05, 4.69) is 15.6 Å². The van der Waals surface area contributed by atoms with Crippen LogP contribution in [-0.4, -0.2) is 10.9 Å². The number of nitrogens with one attached hydrogen (secondary N) is 2. The Morgan fingerprint density at radius 3 is 2.38 bits per heavy atom. The van der Waals surface area contributed by atoms with Gasteiger partial charge in [0.1, 0.15) is 11.5 Å². The van der Waals surface area contributed by atoms with Gasteiger partial charge in [-0.2, -0.15) is 0 Å². The number of nitrogens with zero attached hydrogens (tertiary/aromatic N) is 1. The Morgan fingerprint density at radius 2 is 1.73 bits per heavy atom. The Balaban J connectivity index is 1.65. The second-order valence-electron chi connectivity index (χ2n) is 5.43. The minimum atomic E-state index is -0.393. The van der Waals surface area contributed by atoms with Gasteiger partial charge in [0, 0.05) is 12.1 Å². The van der Waals surface area contributed by atoms with E-state index in [0.717, 1.165) is 0 Å². The van der Waals surface area contributed by atoms with Gasteiger partial charge < -0.3 is 10.6 Å². The molecule has 7 heteroatoms. The first-order valence-corrected chi connectivity index (χ1v) is 8.49. The summed E-state index contributed by atoms with van der Waals surface area (Å²) < 4.78 is 13.6. The van der Waals surface area contributed by atoms with Gasteiger partial charge in [-0.15, -0.1) is 0 Å². The number of rotatable bonds is 5. The van der Waals surface area contributed by atoms with Crippen LogP contribution < -0.4 is 10.6 Å². The molecule has 1 aromatic heterocycles. The highest BCUT2D eigenvalue weighted by molar-refractivity contribution is 6.39. The standard InChI is InChI=1S/C19H14Cl2FN3O/c20-14-5-3-6-15(21)18(14)25-13-8-9-17(23-11-13)19(26)24-10-12-4-1-2-7-16(12)22/h1-9,11,25H,10H2,(H,24,26). The van der Waals surface area contributed by atoms with Gasteiger partial charge in [0.05, 0.1) is 27.6 Å². The van der Waals surface area contributed by atoms with Crippen LogP contribution in [0.5, 0.6) is 0 Å². The van der Waals surface area contributed by atoms with Crippen LogP contribution in [0.4, 0.5) is 15.8 Å². The number of carbonyl (C=O) groups is 1. The third kappa shape index (κ3) is 4.31. The van der Waals surface area contributed by atoms with E-state index in [9.17, 15) is 9.18 Å². The predicted molar refractivity (Wildman–Crippen MR) is 102 cm³/mol. The SMILES string of the molecule is O=C(NCc1ccccc1F)c1ccc(Nc2c(Cl)cccc2Cl)cn1. The van der Waals surface area contributed by atoms with Crippen LogP contribution in [0.15, 0.2) is 60.8 Å². The largest absolute Gasteiger partial charge is 0.352 e. The average Bonchev–Trinajstić information content (AvgIpc) is 2.64. The van der Waals surface area contributed by atoms with Crippen molar-refractivity contribution in [3.8, 4) is 0 Å². The number of aromatic nitrogens is 1. The number of anilines is 2. The van der Waals surface area contributed by atoms with Gasteiger partial charge >= 0.3 is 0 Å². The number of hydrogen-bond acceptors (Lipinski definition) is 3. The third-order valence-corrected chi connectivity index (χ3v) is 4.26. The number of halogens is 3. The number of hydrogen-bond donors (Lipinski definition) is 2. The van der Waals surface area contributed by atoms with Crippen LogP contribution in [0.2, 0.25) is 10.0 Å². The molecule has 0 saturated heterocycles. The number of para-hydroxylation sites is 1. The molecule has 0 unspecified atom stereocenters. The molecule has 3 rings (SSSR count). The topological polar surface area (TPSA) is 54.0 Å². The van der Waals surface area contributed by atoms with Crippen molar-refractivity contribution < 1.29 is 9.18 Å².